The van der Waals surface area contributed by atoms with Gasteiger partial charge in [0.25, 0.3) is 0 Å². The summed E-state index contributed by atoms with van der Waals surface area (Å²) in [6, 6.07) is -1.01. The van der Waals surface area contributed by atoms with Crippen LogP contribution in [0.2, 0.25) is 0 Å². The Bertz CT molecular complexity index is 649. The van der Waals surface area contributed by atoms with E-state index >= 15 is 0 Å². The fourth-order valence-electron chi connectivity index (χ4n) is 3.57. The second kappa shape index (κ2) is 11.3. The van der Waals surface area contributed by atoms with Crippen LogP contribution in [0.15, 0.2) is 5.11 Å². The summed E-state index contributed by atoms with van der Waals surface area (Å²) in [6.07, 6.45) is 2.55. The molecular weight excluding hydrogens is 402 g/mol. The van der Waals surface area contributed by atoms with Crippen LogP contribution >= 0.6 is 11.8 Å². The highest BCUT2D eigenvalue weighted by Gasteiger charge is 2.50. The van der Waals surface area contributed by atoms with Crippen LogP contribution in [0.25, 0.3) is 10.4 Å². The van der Waals surface area contributed by atoms with Crippen molar-refractivity contribution in [3.05, 3.63) is 10.4 Å². The highest BCUT2D eigenvalue weighted by atomic mass is 32.2. The van der Waals surface area contributed by atoms with E-state index in [1.54, 1.807) is 0 Å². The van der Waals surface area contributed by atoms with Crippen molar-refractivity contribution in [2.45, 2.75) is 87.9 Å². The monoisotopic (exact) mass is 429 g/mol. The van der Waals surface area contributed by atoms with Gasteiger partial charge in [-0.3, -0.25) is 14.4 Å². The molecule has 0 aromatic rings. The lowest BCUT2D eigenvalue weighted by Gasteiger charge is -2.44. The number of hydrogen-bond acceptors (Lipinski definition) is 9. The standard InChI is InChI=1S/C18H27N3O7S/c1-10(22)25-9-14-16(26-11(2)23)15(20-21-19)17(27-12(3)24)18(28-14)29-13-7-5-4-6-8-13/h13-18H,4-9H2,1-3H3/t14?,15-,16-,17?,18+/m0/s1. The minimum atomic E-state index is -1.06. The number of carbonyl (C=O) groups excluding carboxylic acids is 3. The maximum absolute atomic E-state index is 11.7. The normalized spacial score (nSPS) is 30.0. The minimum Gasteiger partial charge on any atom is -0.463 e. The quantitative estimate of drug-likeness (QED) is 0.198. The molecule has 1 saturated heterocycles. The molecule has 1 heterocycles. The van der Waals surface area contributed by atoms with Gasteiger partial charge in [0.2, 0.25) is 0 Å². The second-order valence-corrected chi connectivity index (χ2v) is 8.49. The van der Waals surface area contributed by atoms with E-state index in [2.05, 4.69) is 10.0 Å². The molecule has 0 radical (unpaired) electrons. The summed E-state index contributed by atoms with van der Waals surface area (Å²) in [4.78, 5) is 37.5. The number of thioether (sulfide) groups is 1. The largest absolute Gasteiger partial charge is 0.463 e. The van der Waals surface area contributed by atoms with Gasteiger partial charge in [0.15, 0.2) is 0 Å². The predicted molar refractivity (Wildman–Crippen MR) is 104 cm³/mol. The van der Waals surface area contributed by atoms with E-state index in [9.17, 15) is 14.4 Å². The van der Waals surface area contributed by atoms with Gasteiger partial charge in [-0.15, -0.1) is 11.8 Å². The summed E-state index contributed by atoms with van der Waals surface area (Å²) in [5.74, 6) is -1.70. The van der Waals surface area contributed by atoms with Crippen molar-refractivity contribution >= 4 is 29.7 Å². The molecule has 0 aromatic carbocycles. The Morgan fingerprint density at radius 1 is 1.03 bits per heavy atom. The SMILES string of the molecule is CC(=O)OCC1O[C@H](SC2CCCCC2)C(OC(C)=O)[C@@H](N=[N+]=[N-])[C@H]1OC(C)=O. The Labute approximate surface area is 173 Å². The Balaban J connectivity index is 2.32. The first-order chi connectivity index (χ1) is 13.8. The Morgan fingerprint density at radius 2 is 1.66 bits per heavy atom. The fraction of sp³-hybridized carbons (Fsp3) is 0.833. The minimum absolute atomic E-state index is 0.181. The first kappa shape index (κ1) is 23.3. The zero-order valence-corrected chi connectivity index (χ0v) is 17.6. The van der Waals surface area contributed by atoms with E-state index in [4.69, 9.17) is 24.5 Å². The van der Waals surface area contributed by atoms with Crippen LogP contribution in [0.4, 0.5) is 0 Å². The van der Waals surface area contributed by atoms with Gasteiger partial charge in [-0.25, -0.2) is 0 Å². The zero-order chi connectivity index (χ0) is 21.4. The summed E-state index contributed by atoms with van der Waals surface area (Å²) >= 11 is 1.52. The average molecular weight is 429 g/mol. The third kappa shape index (κ3) is 7.09. The topological polar surface area (TPSA) is 137 Å². The summed E-state index contributed by atoms with van der Waals surface area (Å²) in [7, 11) is 0. The van der Waals surface area contributed by atoms with Gasteiger partial charge >= 0.3 is 17.9 Å². The van der Waals surface area contributed by atoms with Crippen LogP contribution in [0, 0.1) is 0 Å². The van der Waals surface area contributed by atoms with Gasteiger partial charge in [0.1, 0.15) is 36.4 Å². The summed E-state index contributed by atoms with van der Waals surface area (Å²) in [5.41, 5.74) is 8.43. The van der Waals surface area contributed by atoms with Gasteiger partial charge in [-0.1, -0.05) is 24.4 Å². The van der Waals surface area contributed by atoms with Gasteiger partial charge in [-0.05, 0) is 18.4 Å². The molecule has 11 heteroatoms. The maximum atomic E-state index is 11.7. The Morgan fingerprint density at radius 3 is 2.21 bits per heavy atom. The molecule has 1 saturated carbocycles. The molecule has 2 aliphatic rings. The smallest absolute Gasteiger partial charge is 0.303 e. The molecule has 10 nitrogen and oxygen atoms in total. The van der Waals surface area contributed by atoms with Crippen LogP contribution in [0.5, 0.6) is 0 Å². The number of azide groups is 1. The first-order valence-corrected chi connectivity index (χ1v) is 10.6. The van der Waals surface area contributed by atoms with E-state index in [0.717, 1.165) is 25.7 Å². The van der Waals surface area contributed by atoms with Crippen LogP contribution in [0.3, 0.4) is 0 Å². The van der Waals surface area contributed by atoms with Gasteiger partial charge < -0.3 is 18.9 Å². The van der Waals surface area contributed by atoms with Crippen molar-refractivity contribution in [2.75, 3.05) is 6.61 Å². The third-order valence-corrected chi connectivity index (χ3v) is 6.24. The lowest BCUT2D eigenvalue weighted by Crippen LogP contribution is -2.59. The Hall–Kier alpha value is -1.97. The van der Waals surface area contributed by atoms with Crippen molar-refractivity contribution < 1.29 is 33.3 Å². The molecule has 0 N–H and O–H groups in total. The predicted octanol–water partition coefficient (Wildman–Crippen LogP) is 2.88. The molecule has 0 aromatic heterocycles. The molecule has 0 spiro atoms. The zero-order valence-electron chi connectivity index (χ0n) is 16.8. The summed E-state index contributed by atoms with van der Waals surface area (Å²) < 4.78 is 21.9. The van der Waals surface area contributed by atoms with Crippen molar-refractivity contribution in [1.82, 2.24) is 0 Å². The van der Waals surface area contributed by atoms with Crippen LogP contribution in [-0.2, 0) is 33.3 Å². The molecular formula is C18H27N3O7S. The van der Waals surface area contributed by atoms with Crippen LogP contribution in [-0.4, -0.2) is 59.6 Å². The lowest BCUT2D eigenvalue weighted by atomic mass is 9.97. The fourth-order valence-corrected chi connectivity index (χ4v) is 5.14. The number of hydrogen-bond donors (Lipinski definition) is 0. The molecule has 2 fully saturated rings. The molecule has 0 bridgehead atoms. The van der Waals surface area contributed by atoms with E-state index in [1.165, 1.54) is 39.0 Å². The number of carbonyl (C=O) groups is 3. The summed E-state index contributed by atoms with van der Waals surface area (Å²) in [5, 5.41) is 4.07. The van der Waals surface area contributed by atoms with E-state index in [-0.39, 0.29) is 6.61 Å². The first-order valence-electron chi connectivity index (χ1n) is 9.64. The molecule has 2 rings (SSSR count). The number of nitrogens with zero attached hydrogens (tertiary/aromatic N) is 3. The molecule has 2 unspecified atom stereocenters. The van der Waals surface area contributed by atoms with Crippen molar-refractivity contribution in [3.63, 3.8) is 0 Å². The van der Waals surface area contributed by atoms with Gasteiger partial charge in [0.05, 0.1) is 0 Å². The average Bonchev–Trinajstić information content (AvgIpc) is 2.65. The maximum Gasteiger partial charge on any atom is 0.303 e. The highest BCUT2D eigenvalue weighted by molar-refractivity contribution is 8.00. The summed E-state index contributed by atoms with van der Waals surface area (Å²) in [6.45, 7) is 3.53. The second-order valence-electron chi connectivity index (χ2n) is 7.09. The van der Waals surface area contributed by atoms with Crippen molar-refractivity contribution in [1.29, 1.82) is 0 Å². The number of ether oxygens (including phenoxy) is 4. The van der Waals surface area contributed by atoms with E-state index in [1.807, 2.05) is 0 Å². The van der Waals surface area contributed by atoms with Crippen LogP contribution in [0.1, 0.15) is 52.9 Å². The molecule has 0 amide bonds. The third-order valence-electron chi connectivity index (χ3n) is 4.74. The van der Waals surface area contributed by atoms with Gasteiger partial charge in [0, 0.05) is 30.9 Å². The molecule has 162 valence electrons. The molecule has 1 aliphatic heterocycles. The van der Waals surface area contributed by atoms with Crippen molar-refractivity contribution in [2.24, 2.45) is 5.11 Å². The van der Waals surface area contributed by atoms with Crippen molar-refractivity contribution in [3.8, 4) is 0 Å². The lowest BCUT2D eigenvalue weighted by molar-refractivity contribution is -0.201. The van der Waals surface area contributed by atoms with Crippen LogP contribution < -0.4 is 0 Å². The highest BCUT2D eigenvalue weighted by Crippen LogP contribution is 2.39. The van der Waals surface area contributed by atoms with E-state index < -0.39 is 47.7 Å². The van der Waals surface area contributed by atoms with Gasteiger partial charge in [-0.2, -0.15) is 0 Å². The molecule has 1 aliphatic carbocycles. The molecule has 5 atom stereocenters. The Kier molecular flexibility index (Phi) is 9.06. The molecule has 29 heavy (non-hydrogen) atoms. The number of esters is 3. The number of rotatable bonds is 7. The van der Waals surface area contributed by atoms with E-state index in [0.29, 0.717) is 5.25 Å².